The second-order valence-corrected chi connectivity index (χ2v) is 6.10. The first-order chi connectivity index (χ1) is 10.2. The fourth-order valence-corrected chi connectivity index (χ4v) is 3.12. The first kappa shape index (κ1) is 14.6. The third kappa shape index (κ3) is 2.98. The average molecular weight is 287 g/mol. The van der Waals surface area contributed by atoms with Crippen LogP contribution < -0.4 is 5.32 Å². The van der Waals surface area contributed by atoms with Gasteiger partial charge < -0.3 is 14.6 Å². The monoisotopic (exact) mass is 287 g/mol. The van der Waals surface area contributed by atoms with Crippen molar-refractivity contribution in [3.63, 3.8) is 0 Å². The Balaban J connectivity index is 1.86. The van der Waals surface area contributed by atoms with Crippen LogP contribution in [0.15, 0.2) is 28.7 Å². The molecule has 0 amide bonds. The van der Waals surface area contributed by atoms with Crippen LogP contribution in [0.1, 0.15) is 18.2 Å². The van der Waals surface area contributed by atoms with E-state index in [1.54, 1.807) is 0 Å². The molecule has 1 unspecified atom stereocenters. The van der Waals surface area contributed by atoms with Crippen molar-refractivity contribution in [2.45, 2.75) is 26.1 Å². The van der Waals surface area contributed by atoms with Crippen molar-refractivity contribution in [1.29, 1.82) is 0 Å². The van der Waals surface area contributed by atoms with Crippen molar-refractivity contribution in [3.05, 3.63) is 35.6 Å². The van der Waals surface area contributed by atoms with E-state index >= 15 is 0 Å². The van der Waals surface area contributed by atoms with Crippen molar-refractivity contribution in [2.24, 2.45) is 0 Å². The smallest absolute Gasteiger partial charge is 0.134 e. The molecule has 1 aromatic carbocycles. The van der Waals surface area contributed by atoms with Crippen LogP contribution in [0.4, 0.5) is 0 Å². The summed E-state index contributed by atoms with van der Waals surface area (Å²) in [4.78, 5) is 4.97. The van der Waals surface area contributed by atoms with Gasteiger partial charge in [0.1, 0.15) is 11.3 Å². The van der Waals surface area contributed by atoms with Crippen LogP contribution >= 0.6 is 0 Å². The molecule has 0 spiro atoms. The fraction of sp³-hybridized carbons (Fsp3) is 0.529. The van der Waals surface area contributed by atoms with Crippen LogP contribution in [0.5, 0.6) is 0 Å². The predicted octanol–water partition coefficient (Wildman–Crippen LogP) is 2.29. The minimum atomic E-state index is 0.615. The largest absolute Gasteiger partial charge is 0.459 e. The van der Waals surface area contributed by atoms with E-state index in [4.69, 9.17) is 4.42 Å². The van der Waals surface area contributed by atoms with Gasteiger partial charge in [0, 0.05) is 43.2 Å². The van der Waals surface area contributed by atoms with E-state index in [9.17, 15) is 0 Å². The van der Waals surface area contributed by atoms with Gasteiger partial charge in [0.15, 0.2) is 0 Å². The van der Waals surface area contributed by atoms with Gasteiger partial charge in [0.25, 0.3) is 0 Å². The van der Waals surface area contributed by atoms with E-state index in [0.717, 1.165) is 44.1 Å². The van der Waals surface area contributed by atoms with Gasteiger partial charge in [-0.2, -0.15) is 0 Å². The topological polar surface area (TPSA) is 31.7 Å². The molecule has 3 rings (SSSR count). The van der Waals surface area contributed by atoms with Gasteiger partial charge in [-0.3, -0.25) is 4.90 Å². The van der Waals surface area contributed by atoms with Crippen molar-refractivity contribution in [2.75, 3.05) is 33.7 Å². The summed E-state index contributed by atoms with van der Waals surface area (Å²) in [6.45, 7) is 7.44. The van der Waals surface area contributed by atoms with Gasteiger partial charge in [0.05, 0.1) is 6.54 Å². The Bertz CT molecular complexity index is 607. The van der Waals surface area contributed by atoms with Crippen LogP contribution in [0.3, 0.4) is 0 Å². The third-order valence-electron chi connectivity index (χ3n) is 4.54. The number of benzene rings is 1. The van der Waals surface area contributed by atoms with Gasteiger partial charge >= 0.3 is 0 Å². The third-order valence-corrected chi connectivity index (χ3v) is 4.54. The Kier molecular flexibility index (Phi) is 4.29. The molecule has 1 fully saturated rings. The molecule has 4 nitrogen and oxygen atoms in total. The van der Waals surface area contributed by atoms with Crippen LogP contribution in [0.2, 0.25) is 0 Å². The quantitative estimate of drug-likeness (QED) is 0.935. The normalized spacial score (nSPS) is 21.2. The van der Waals surface area contributed by atoms with E-state index in [2.05, 4.69) is 47.3 Å². The van der Waals surface area contributed by atoms with Gasteiger partial charge in [-0.05, 0) is 27.1 Å². The molecule has 1 saturated heterocycles. The Labute approximate surface area is 126 Å². The minimum absolute atomic E-state index is 0.615. The highest BCUT2D eigenvalue weighted by molar-refractivity contribution is 5.82. The van der Waals surface area contributed by atoms with E-state index in [1.165, 1.54) is 10.9 Å². The van der Waals surface area contributed by atoms with E-state index in [-0.39, 0.29) is 0 Å². The first-order valence-corrected chi connectivity index (χ1v) is 7.75. The molecular formula is C17H25N3O. The van der Waals surface area contributed by atoms with Gasteiger partial charge in [-0.1, -0.05) is 18.2 Å². The summed E-state index contributed by atoms with van der Waals surface area (Å²) in [5.74, 6) is 1.07. The lowest BCUT2D eigenvalue weighted by molar-refractivity contribution is 0.0998. The van der Waals surface area contributed by atoms with Gasteiger partial charge in [0.2, 0.25) is 0 Å². The lowest BCUT2D eigenvalue weighted by Crippen LogP contribution is -2.49. The van der Waals surface area contributed by atoms with E-state index in [0.29, 0.717) is 6.04 Å². The molecule has 1 atom stereocenters. The number of likely N-dealkylation sites (N-methyl/N-ethyl adjacent to an activating group) is 1. The molecule has 114 valence electrons. The highest BCUT2D eigenvalue weighted by Crippen LogP contribution is 2.27. The molecular weight excluding hydrogens is 262 g/mol. The highest BCUT2D eigenvalue weighted by atomic mass is 16.3. The van der Waals surface area contributed by atoms with Crippen molar-refractivity contribution in [3.8, 4) is 0 Å². The van der Waals surface area contributed by atoms with Crippen LogP contribution in [0.25, 0.3) is 11.0 Å². The van der Waals surface area contributed by atoms with Gasteiger partial charge in [-0.25, -0.2) is 0 Å². The summed E-state index contributed by atoms with van der Waals surface area (Å²) in [5, 5.41) is 4.48. The highest BCUT2D eigenvalue weighted by Gasteiger charge is 2.23. The number of furan rings is 1. The Morgan fingerprint density at radius 2 is 2.10 bits per heavy atom. The van der Waals surface area contributed by atoms with E-state index in [1.807, 2.05) is 13.1 Å². The molecule has 0 aliphatic carbocycles. The van der Waals surface area contributed by atoms with Crippen molar-refractivity contribution < 1.29 is 4.42 Å². The summed E-state index contributed by atoms with van der Waals surface area (Å²) in [7, 11) is 4.18. The molecule has 0 radical (unpaired) electrons. The Morgan fingerprint density at radius 1 is 1.29 bits per heavy atom. The summed E-state index contributed by atoms with van der Waals surface area (Å²) >= 11 is 0. The van der Waals surface area contributed by atoms with Crippen LogP contribution in [0, 0.1) is 0 Å². The second-order valence-electron chi connectivity index (χ2n) is 6.10. The maximum Gasteiger partial charge on any atom is 0.134 e. The molecule has 0 bridgehead atoms. The zero-order valence-electron chi connectivity index (χ0n) is 13.2. The standard InChI is InChI=1S/C17H25N3O/c1-13-11-20(9-8-19(13)3)12-15-14-6-4-5-7-16(14)21-17(15)10-18-2/h4-7,13,18H,8-12H2,1-3H3. The number of rotatable bonds is 4. The minimum Gasteiger partial charge on any atom is -0.459 e. The maximum absolute atomic E-state index is 6.03. The molecule has 1 aliphatic rings. The average Bonchev–Trinajstić information content (AvgIpc) is 2.81. The number of piperazine rings is 1. The Hall–Kier alpha value is -1.36. The molecule has 4 heteroatoms. The number of nitrogens with one attached hydrogen (secondary N) is 1. The maximum atomic E-state index is 6.03. The number of hydrogen-bond donors (Lipinski definition) is 1. The molecule has 2 heterocycles. The van der Waals surface area contributed by atoms with Gasteiger partial charge in [-0.15, -0.1) is 0 Å². The number of fused-ring (bicyclic) bond motifs is 1. The van der Waals surface area contributed by atoms with E-state index < -0.39 is 0 Å². The van der Waals surface area contributed by atoms with Crippen LogP contribution in [-0.2, 0) is 13.1 Å². The predicted molar refractivity (Wildman–Crippen MR) is 86.3 cm³/mol. The number of hydrogen-bond acceptors (Lipinski definition) is 4. The van der Waals surface area contributed by atoms with Crippen molar-refractivity contribution in [1.82, 2.24) is 15.1 Å². The zero-order chi connectivity index (χ0) is 14.8. The summed E-state index contributed by atoms with van der Waals surface area (Å²) in [5.41, 5.74) is 2.34. The lowest BCUT2D eigenvalue weighted by Gasteiger charge is -2.37. The Morgan fingerprint density at radius 3 is 2.86 bits per heavy atom. The molecule has 1 N–H and O–H groups in total. The lowest BCUT2D eigenvalue weighted by atomic mass is 10.1. The molecule has 2 aromatic rings. The molecule has 1 aliphatic heterocycles. The molecule has 0 saturated carbocycles. The fourth-order valence-electron chi connectivity index (χ4n) is 3.12. The number of para-hydroxylation sites is 1. The number of nitrogens with zero attached hydrogens (tertiary/aromatic N) is 2. The van der Waals surface area contributed by atoms with Crippen molar-refractivity contribution >= 4 is 11.0 Å². The summed E-state index contributed by atoms with van der Waals surface area (Å²) in [6, 6.07) is 8.98. The van der Waals surface area contributed by atoms with Crippen LogP contribution in [-0.4, -0.2) is 49.6 Å². The zero-order valence-corrected chi connectivity index (χ0v) is 13.2. The SMILES string of the molecule is CNCc1oc2ccccc2c1CN1CCN(C)C(C)C1. The summed E-state index contributed by atoms with van der Waals surface area (Å²) in [6.07, 6.45) is 0. The first-order valence-electron chi connectivity index (χ1n) is 7.75. The molecule has 21 heavy (non-hydrogen) atoms. The second kappa shape index (κ2) is 6.18. The molecule has 1 aromatic heterocycles. The summed E-state index contributed by atoms with van der Waals surface area (Å²) < 4.78 is 6.03.